The Morgan fingerprint density at radius 3 is 2.80 bits per heavy atom. The third-order valence-corrected chi connectivity index (χ3v) is 4.70. The molecule has 1 aliphatic rings. The van der Waals surface area contributed by atoms with E-state index in [-0.39, 0.29) is 0 Å². The zero-order valence-corrected chi connectivity index (χ0v) is 13.8. The van der Waals surface area contributed by atoms with Crippen LogP contribution < -0.4 is 10.2 Å². The van der Waals surface area contributed by atoms with Crippen LogP contribution in [0.3, 0.4) is 0 Å². The second kappa shape index (κ2) is 7.96. The molecule has 114 valence electrons. The molecule has 5 heteroatoms. The van der Waals surface area contributed by atoms with Crippen LogP contribution in [0, 0.1) is 0 Å². The highest BCUT2D eigenvalue weighted by Gasteiger charge is 2.30. The summed E-state index contributed by atoms with van der Waals surface area (Å²) in [6.45, 7) is 8.15. The van der Waals surface area contributed by atoms with Crippen molar-refractivity contribution in [1.29, 1.82) is 0 Å². The van der Waals surface area contributed by atoms with Gasteiger partial charge in [-0.15, -0.1) is 11.3 Å². The number of thiazole rings is 1. The molecule has 0 aromatic carbocycles. The third-order valence-electron chi connectivity index (χ3n) is 3.57. The van der Waals surface area contributed by atoms with Crippen molar-refractivity contribution in [2.75, 3.05) is 31.7 Å². The molecule has 0 bridgehead atoms. The Balaban J connectivity index is 2.00. The van der Waals surface area contributed by atoms with Crippen LogP contribution in [0.1, 0.15) is 43.7 Å². The smallest absolute Gasteiger partial charge is 0.186 e. The number of nitrogens with one attached hydrogen (secondary N) is 1. The molecule has 1 heterocycles. The fraction of sp³-hybridized carbons (Fsp3) is 0.800. The molecule has 1 fully saturated rings. The summed E-state index contributed by atoms with van der Waals surface area (Å²) >= 11 is 1.87. The minimum atomic E-state index is 0.750. The lowest BCUT2D eigenvalue weighted by Gasteiger charge is -2.20. The van der Waals surface area contributed by atoms with Gasteiger partial charge in [0.15, 0.2) is 5.13 Å². The summed E-state index contributed by atoms with van der Waals surface area (Å²) in [5, 5.41) is 4.66. The summed E-state index contributed by atoms with van der Waals surface area (Å²) in [5.41, 5.74) is 1.26. The molecule has 0 aliphatic heterocycles. The highest BCUT2D eigenvalue weighted by molar-refractivity contribution is 7.15. The van der Waals surface area contributed by atoms with Crippen LogP contribution in [-0.2, 0) is 17.7 Å². The summed E-state index contributed by atoms with van der Waals surface area (Å²) < 4.78 is 5.07. The number of hydrogen-bond donors (Lipinski definition) is 1. The number of anilines is 1. The summed E-state index contributed by atoms with van der Waals surface area (Å²) in [6.07, 6.45) is 4.88. The Labute approximate surface area is 126 Å². The average molecular weight is 297 g/mol. The number of nitrogens with zero attached hydrogens (tertiary/aromatic N) is 2. The topological polar surface area (TPSA) is 37.4 Å². The molecule has 0 unspecified atom stereocenters. The molecule has 1 aromatic heterocycles. The molecule has 1 N–H and O–H groups in total. The predicted octanol–water partition coefficient (Wildman–Crippen LogP) is 2.82. The zero-order valence-electron chi connectivity index (χ0n) is 12.9. The lowest BCUT2D eigenvalue weighted by Crippen LogP contribution is -2.26. The van der Waals surface area contributed by atoms with Crippen LogP contribution in [0.5, 0.6) is 0 Å². The summed E-state index contributed by atoms with van der Waals surface area (Å²) in [5.74, 6) is 0. The molecule has 1 aliphatic carbocycles. The van der Waals surface area contributed by atoms with Crippen molar-refractivity contribution in [3.8, 4) is 0 Å². The van der Waals surface area contributed by atoms with Gasteiger partial charge in [0.2, 0.25) is 0 Å². The molecular weight excluding hydrogens is 270 g/mol. The van der Waals surface area contributed by atoms with Crippen LogP contribution in [0.15, 0.2) is 0 Å². The zero-order chi connectivity index (χ0) is 14.4. The standard InChI is InChI=1S/C15H27N3OS/c1-4-9-18(12-6-7-12)15-17-13(5-2)14(20-15)11-16-8-10-19-3/h12,16H,4-11H2,1-3H3. The Bertz CT molecular complexity index is 404. The van der Waals surface area contributed by atoms with Gasteiger partial charge in [0, 0.05) is 37.7 Å². The van der Waals surface area contributed by atoms with Crippen LogP contribution in [0.4, 0.5) is 5.13 Å². The summed E-state index contributed by atoms with van der Waals surface area (Å²) in [4.78, 5) is 8.79. The van der Waals surface area contributed by atoms with Crippen LogP contribution in [0.25, 0.3) is 0 Å². The minimum absolute atomic E-state index is 0.750. The number of hydrogen-bond acceptors (Lipinski definition) is 5. The van der Waals surface area contributed by atoms with E-state index < -0.39 is 0 Å². The van der Waals surface area contributed by atoms with Crippen molar-refractivity contribution in [2.45, 2.75) is 52.1 Å². The largest absolute Gasteiger partial charge is 0.383 e. The number of rotatable bonds is 10. The number of aryl methyl sites for hydroxylation is 1. The summed E-state index contributed by atoms with van der Waals surface area (Å²) in [7, 11) is 1.74. The van der Waals surface area contributed by atoms with E-state index in [4.69, 9.17) is 9.72 Å². The lowest BCUT2D eigenvalue weighted by atomic mass is 10.3. The third kappa shape index (κ3) is 4.17. The number of aromatic nitrogens is 1. The van der Waals surface area contributed by atoms with Gasteiger partial charge < -0.3 is 15.0 Å². The van der Waals surface area contributed by atoms with E-state index in [0.29, 0.717) is 0 Å². The first kappa shape index (κ1) is 15.7. The molecule has 4 nitrogen and oxygen atoms in total. The monoisotopic (exact) mass is 297 g/mol. The average Bonchev–Trinajstić information content (AvgIpc) is 3.21. The van der Waals surface area contributed by atoms with Gasteiger partial charge >= 0.3 is 0 Å². The van der Waals surface area contributed by atoms with Crippen molar-refractivity contribution in [1.82, 2.24) is 10.3 Å². The fourth-order valence-electron chi connectivity index (χ4n) is 2.34. The SMILES string of the molecule is CCCN(c1nc(CC)c(CNCCOC)s1)C1CC1. The van der Waals surface area contributed by atoms with Crippen LogP contribution in [0.2, 0.25) is 0 Å². The van der Waals surface area contributed by atoms with Crippen LogP contribution >= 0.6 is 11.3 Å². The van der Waals surface area contributed by atoms with E-state index in [1.54, 1.807) is 7.11 Å². The maximum absolute atomic E-state index is 5.07. The van der Waals surface area contributed by atoms with Crippen molar-refractivity contribution in [3.63, 3.8) is 0 Å². The molecular formula is C15H27N3OS. The molecule has 20 heavy (non-hydrogen) atoms. The Hall–Kier alpha value is -0.650. The van der Waals surface area contributed by atoms with Crippen LogP contribution in [-0.4, -0.2) is 37.8 Å². The maximum atomic E-state index is 5.07. The second-order valence-corrected chi connectivity index (χ2v) is 6.38. The van der Waals surface area contributed by atoms with Gasteiger partial charge in [-0.3, -0.25) is 0 Å². The van der Waals surface area contributed by atoms with E-state index >= 15 is 0 Å². The quantitative estimate of drug-likeness (QED) is 0.674. The Kier molecular flexibility index (Phi) is 6.26. The molecule has 0 saturated heterocycles. The molecule has 0 amide bonds. The first-order chi connectivity index (χ1) is 9.80. The number of methoxy groups -OCH3 is 1. The fourth-order valence-corrected chi connectivity index (χ4v) is 3.56. The second-order valence-electron chi connectivity index (χ2n) is 5.31. The highest BCUT2D eigenvalue weighted by Crippen LogP contribution is 2.35. The van der Waals surface area contributed by atoms with E-state index in [1.165, 1.54) is 35.0 Å². The van der Waals surface area contributed by atoms with Gasteiger partial charge in [-0.05, 0) is 25.7 Å². The van der Waals surface area contributed by atoms with Gasteiger partial charge in [-0.2, -0.15) is 0 Å². The highest BCUT2D eigenvalue weighted by atomic mass is 32.1. The molecule has 0 atom stereocenters. The normalized spacial score (nSPS) is 14.8. The van der Waals surface area contributed by atoms with E-state index in [1.807, 2.05) is 11.3 Å². The Morgan fingerprint density at radius 2 is 2.20 bits per heavy atom. The molecule has 1 aromatic rings. The molecule has 0 spiro atoms. The van der Waals surface area contributed by atoms with Gasteiger partial charge in [-0.25, -0.2) is 4.98 Å². The van der Waals surface area contributed by atoms with E-state index in [0.717, 1.165) is 38.7 Å². The van der Waals surface area contributed by atoms with Crippen molar-refractivity contribution < 1.29 is 4.74 Å². The van der Waals surface area contributed by atoms with Crippen molar-refractivity contribution >= 4 is 16.5 Å². The van der Waals surface area contributed by atoms with Gasteiger partial charge in [-0.1, -0.05) is 13.8 Å². The first-order valence-electron chi connectivity index (χ1n) is 7.75. The van der Waals surface area contributed by atoms with Crippen molar-refractivity contribution in [3.05, 3.63) is 10.6 Å². The van der Waals surface area contributed by atoms with E-state index in [9.17, 15) is 0 Å². The number of ether oxygens (including phenoxy) is 1. The Morgan fingerprint density at radius 1 is 1.40 bits per heavy atom. The van der Waals surface area contributed by atoms with E-state index in [2.05, 4.69) is 24.1 Å². The van der Waals surface area contributed by atoms with Gasteiger partial charge in [0.25, 0.3) is 0 Å². The van der Waals surface area contributed by atoms with Crippen molar-refractivity contribution in [2.24, 2.45) is 0 Å². The predicted molar refractivity (Wildman–Crippen MR) is 85.7 cm³/mol. The minimum Gasteiger partial charge on any atom is -0.383 e. The molecule has 0 radical (unpaired) electrons. The molecule has 2 rings (SSSR count). The maximum Gasteiger partial charge on any atom is 0.186 e. The lowest BCUT2D eigenvalue weighted by molar-refractivity contribution is 0.199. The first-order valence-corrected chi connectivity index (χ1v) is 8.56. The molecule has 1 saturated carbocycles. The summed E-state index contributed by atoms with van der Waals surface area (Å²) in [6, 6.07) is 0.750. The van der Waals surface area contributed by atoms with Gasteiger partial charge in [0.05, 0.1) is 12.3 Å². The van der Waals surface area contributed by atoms with Gasteiger partial charge in [0.1, 0.15) is 0 Å².